The van der Waals surface area contributed by atoms with E-state index < -0.39 is 11.4 Å². The summed E-state index contributed by atoms with van der Waals surface area (Å²) in [6.45, 7) is 17.1. The molecule has 0 unspecified atom stereocenters. The lowest BCUT2D eigenvalue weighted by Crippen LogP contribution is -2.23. The summed E-state index contributed by atoms with van der Waals surface area (Å²) in [6.07, 6.45) is 19.5. The number of aliphatic hydroxyl groups excluding tert-OH is 1. The molecule has 2 aliphatic heterocycles. The van der Waals surface area contributed by atoms with Crippen LogP contribution in [0.2, 0.25) is 0 Å². The third kappa shape index (κ3) is 10.4. The maximum absolute atomic E-state index is 11.4. The molecule has 0 aliphatic carbocycles. The molecular weight excluding hydrogens is 472 g/mol. The van der Waals surface area contributed by atoms with Gasteiger partial charge in [-0.3, -0.25) is 4.79 Å². The first-order chi connectivity index (χ1) is 16.0. The van der Waals surface area contributed by atoms with Gasteiger partial charge in [0.1, 0.15) is 0 Å². The van der Waals surface area contributed by atoms with Gasteiger partial charge in [0.2, 0.25) is 0 Å². The number of rotatable bonds is 12. The van der Waals surface area contributed by atoms with Crippen molar-refractivity contribution in [3.05, 3.63) is 56.1 Å². The Morgan fingerprint density at radius 3 is 1.66 bits per heavy atom. The average Bonchev–Trinajstić information content (AvgIpc) is 2.70. The molecule has 0 radical (unpaired) electrons. The van der Waals surface area contributed by atoms with Crippen molar-refractivity contribution < 1.29 is 15.0 Å². The Balaban J connectivity index is 2.01. The highest BCUT2D eigenvalue weighted by Gasteiger charge is 2.27. The molecule has 2 N–H and O–H groups in total. The zero-order valence-electron chi connectivity index (χ0n) is 23.0. The summed E-state index contributed by atoms with van der Waals surface area (Å²) >= 11 is 3.68. The lowest BCUT2D eigenvalue weighted by Gasteiger charge is -2.27. The number of carboxylic acids is 1. The molecule has 2 rings (SSSR count). The van der Waals surface area contributed by atoms with Gasteiger partial charge in [-0.15, -0.1) is 0 Å². The minimum absolute atomic E-state index is 0.0134. The highest BCUT2D eigenvalue weighted by atomic mass is 32.2. The predicted molar refractivity (Wildman–Crippen MR) is 154 cm³/mol. The Morgan fingerprint density at radius 1 is 0.829 bits per heavy atom. The second-order valence-electron chi connectivity index (χ2n) is 12.7. The number of carboxylic acid groups (broad SMARTS) is 1. The monoisotopic (exact) mass is 518 g/mol. The number of hydrogen-bond donors (Lipinski definition) is 2. The van der Waals surface area contributed by atoms with Crippen LogP contribution in [-0.2, 0) is 4.79 Å². The van der Waals surface area contributed by atoms with Crippen LogP contribution in [0.1, 0.15) is 93.9 Å². The molecule has 0 aromatic rings. The van der Waals surface area contributed by atoms with E-state index in [1.54, 1.807) is 0 Å². The van der Waals surface area contributed by atoms with Gasteiger partial charge in [-0.1, -0.05) is 89.4 Å². The largest absolute Gasteiger partial charge is 0.481 e. The summed E-state index contributed by atoms with van der Waals surface area (Å²) in [5.74, 6) is -0.724. The molecule has 2 heterocycles. The Morgan fingerprint density at radius 2 is 1.26 bits per heavy atom. The van der Waals surface area contributed by atoms with Crippen LogP contribution in [0.3, 0.4) is 0 Å². The molecule has 0 saturated carbocycles. The van der Waals surface area contributed by atoms with Crippen LogP contribution in [-0.4, -0.2) is 22.8 Å². The maximum atomic E-state index is 11.4. The number of carbonyl (C=O) groups is 1. The van der Waals surface area contributed by atoms with Crippen molar-refractivity contribution in [2.45, 2.75) is 93.9 Å². The van der Waals surface area contributed by atoms with Crippen molar-refractivity contribution in [1.82, 2.24) is 0 Å². The Labute approximate surface area is 222 Å². The van der Waals surface area contributed by atoms with E-state index in [0.29, 0.717) is 6.42 Å². The van der Waals surface area contributed by atoms with E-state index in [9.17, 15) is 15.0 Å². The van der Waals surface area contributed by atoms with E-state index in [2.05, 4.69) is 78.0 Å². The molecule has 3 nitrogen and oxygen atoms in total. The average molecular weight is 519 g/mol. The summed E-state index contributed by atoms with van der Waals surface area (Å²) in [6, 6.07) is 0. The summed E-state index contributed by atoms with van der Waals surface area (Å²) in [4.78, 5) is 16.7. The van der Waals surface area contributed by atoms with Crippen molar-refractivity contribution in [3.8, 4) is 0 Å². The van der Waals surface area contributed by atoms with E-state index >= 15 is 0 Å². The third-order valence-electron chi connectivity index (χ3n) is 6.51. The van der Waals surface area contributed by atoms with Gasteiger partial charge in [0.05, 0.1) is 5.41 Å². The minimum Gasteiger partial charge on any atom is -0.481 e. The van der Waals surface area contributed by atoms with Gasteiger partial charge in [-0.05, 0) is 79.7 Å². The van der Waals surface area contributed by atoms with Crippen molar-refractivity contribution in [3.63, 3.8) is 0 Å². The summed E-state index contributed by atoms with van der Waals surface area (Å²) < 4.78 is 0. The van der Waals surface area contributed by atoms with Gasteiger partial charge < -0.3 is 10.2 Å². The molecule has 0 atom stereocenters. The van der Waals surface area contributed by atoms with Gasteiger partial charge in [-0.25, -0.2) is 0 Å². The summed E-state index contributed by atoms with van der Waals surface area (Å²) in [7, 11) is 0. The Bertz CT molecular complexity index is 927. The van der Waals surface area contributed by atoms with Crippen molar-refractivity contribution in [2.75, 3.05) is 6.61 Å². The molecule has 0 saturated heterocycles. The molecular formula is C30H46O3S2. The van der Waals surface area contributed by atoms with E-state index in [4.69, 9.17) is 0 Å². The predicted octanol–water partition coefficient (Wildman–Crippen LogP) is 9.09. The quantitative estimate of drug-likeness (QED) is 0.270. The van der Waals surface area contributed by atoms with Crippen LogP contribution in [0, 0.1) is 21.7 Å². The normalized spacial score (nSPS) is 20.3. The summed E-state index contributed by atoms with van der Waals surface area (Å²) in [5.41, 5.74) is -0.673. The van der Waals surface area contributed by atoms with Crippen molar-refractivity contribution in [2.24, 2.45) is 21.7 Å². The molecule has 0 spiro atoms. The van der Waals surface area contributed by atoms with Crippen LogP contribution >= 0.6 is 23.5 Å². The Hall–Kier alpha value is -1.17. The lowest BCUT2D eigenvalue weighted by atomic mass is 9.86. The van der Waals surface area contributed by atoms with E-state index in [1.165, 1.54) is 19.6 Å². The fourth-order valence-corrected chi connectivity index (χ4v) is 7.09. The highest BCUT2D eigenvalue weighted by molar-refractivity contribution is 8.07. The highest BCUT2D eigenvalue weighted by Crippen LogP contribution is 2.44. The molecule has 2 aliphatic rings. The molecule has 0 amide bonds. The number of aliphatic carboxylic acids is 1. The first-order valence-electron chi connectivity index (χ1n) is 12.8. The minimum atomic E-state index is -0.724. The molecule has 196 valence electrons. The second-order valence-corrected chi connectivity index (χ2v) is 15.1. The van der Waals surface area contributed by atoms with Crippen LogP contribution in [0.4, 0.5) is 0 Å². The zero-order chi connectivity index (χ0) is 26.5. The lowest BCUT2D eigenvalue weighted by molar-refractivity contribution is -0.147. The first kappa shape index (κ1) is 30.1. The Kier molecular flexibility index (Phi) is 10.2. The number of allylic oxidation sites excluding steroid dienone is 8. The van der Waals surface area contributed by atoms with Crippen molar-refractivity contribution >= 4 is 29.5 Å². The van der Waals surface area contributed by atoms with Crippen LogP contribution in [0.15, 0.2) is 56.1 Å². The third-order valence-corrected chi connectivity index (χ3v) is 8.66. The molecule has 0 aromatic carbocycles. The number of thioether (sulfide) groups is 2. The topological polar surface area (TPSA) is 57.5 Å². The standard InChI is InChI=1S/C30H46O3S2/c1-27(2,21-31)15-9-11-22-17-28(3,4)19-24(34-22)13-14-25-20-29(5,6)18-23(35-25)12-10-16-30(7,8)26(32)33/h13-14,17-20,31H,9-12,15-16,21H2,1-8H3,(H,32,33). The van der Waals surface area contributed by atoms with E-state index in [0.717, 1.165) is 32.1 Å². The fraction of sp³-hybridized carbons (Fsp3) is 0.633. The maximum Gasteiger partial charge on any atom is 0.309 e. The van der Waals surface area contributed by atoms with E-state index in [1.807, 2.05) is 37.4 Å². The molecule has 0 bridgehead atoms. The number of aliphatic hydroxyl groups is 1. The van der Waals surface area contributed by atoms with E-state index in [-0.39, 0.29) is 22.9 Å². The molecule has 0 aromatic heterocycles. The van der Waals surface area contributed by atoms with Gasteiger partial charge in [-0.2, -0.15) is 0 Å². The fourth-order valence-electron chi connectivity index (χ4n) is 4.27. The van der Waals surface area contributed by atoms with Gasteiger partial charge >= 0.3 is 5.97 Å². The second kappa shape index (κ2) is 11.9. The molecule has 35 heavy (non-hydrogen) atoms. The summed E-state index contributed by atoms with van der Waals surface area (Å²) in [5, 5.41) is 18.9. The first-order valence-corrected chi connectivity index (χ1v) is 14.4. The smallest absolute Gasteiger partial charge is 0.309 e. The SMILES string of the molecule is CC1(C)C=C(C=CC2=CC(C)(C)C=C(CCCC(C)(C)C(=O)O)S2)SC(CCCC(C)(C)CO)=C1. The van der Waals surface area contributed by atoms with Crippen LogP contribution in [0.5, 0.6) is 0 Å². The zero-order valence-corrected chi connectivity index (χ0v) is 24.7. The number of hydrogen-bond acceptors (Lipinski definition) is 4. The van der Waals surface area contributed by atoms with Crippen LogP contribution in [0.25, 0.3) is 0 Å². The molecule has 0 fully saturated rings. The van der Waals surface area contributed by atoms with Gasteiger partial charge in [0, 0.05) is 27.2 Å². The van der Waals surface area contributed by atoms with Crippen LogP contribution < -0.4 is 0 Å². The van der Waals surface area contributed by atoms with Gasteiger partial charge in [0.15, 0.2) is 0 Å². The van der Waals surface area contributed by atoms with Crippen molar-refractivity contribution in [1.29, 1.82) is 0 Å². The molecule has 5 heteroatoms. The van der Waals surface area contributed by atoms with Gasteiger partial charge in [0.25, 0.3) is 0 Å².